The van der Waals surface area contributed by atoms with Crippen molar-refractivity contribution in [2.45, 2.75) is 38.7 Å². The van der Waals surface area contributed by atoms with Gasteiger partial charge in [-0.3, -0.25) is 9.11 Å². The molecule has 0 spiro atoms. The maximum Gasteiger partial charge on any atom is 0.416 e. The summed E-state index contributed by atoms with van der Waals surface area (Å²) in [5.41, 5.74) is -0.376. The lowest BCUT2D eigenvalue weighted by atomic mass is 10.1. The molecule has 4 rings (SSSR count). The van der Waals surface area contributed by atoms with Gasteiger partial charge in [0.1, 0.15) is 5.82 Å². The minimum atomic E-state index is -4.66. The van der Waals surface area contributed by atoms with Crippen LogP contribution in [0.4, 0.5) is 37.7 Å². The first-order chi connectivity index (χ1) is 23.1. The predicted octanol–water partition coefficient (Wildman–Crippen LogP) is 6.89. The van der Waals surface area contributed by atoms with Crippen molar-refractivity contribution in [1.29, 1.82) is 0 Å². The molecule has 0 bridgehead atoms. The number of hydrogen-bond acceptors (Lipinski definition) is 6. The normalized spacial score (nSPS) is 15.5. The van der Waals surface area contributed by atoms with E-state index in [0.717, 1.165) is 24.3 Å². The van der Waals surface area contributed by atoms with E-state index in [1.165, 1.54) is 43.5 Å². The van der Waals surface area contributed by atoms with Crippen LogP contribution in [0.3, 0.4) is 0 Å². The molecule has 270 valence electrons. The van der Waals surface area contributed by atoms with Crippen LogP contribution in [0, 0.1) is 0 Å². The highest BCUT2D eigenvalue weighted by atomic mass is 32.2. The van der Waals surface area contributed by atoms with Crippen molar-refractivity contribution in [2.24, 2.45) is 0 Å². The molecule has 0 amide bonds. The van der Waals surface area contributed by atoms with E-state index in [4.69, 9.17) is 0 Å². The summed E-state index contributed by atoms with van der Waals surface area (Å²) in [6.07, 6.45) is -0.527. The Bertz CT molecular complexity index is 2120. The predicted molar refractivity (Wildman–Crippen MR) is 178 cm³/mol. The molecule has 0 saturated heterocycles. The van der Waals surface area contributed by atoms with Gasteiger partial charge in [0.2, 0.25) is 0 Å². The second-order valence-corrected chi connectivity index (χ2v) is 14.4. The Morgan fingerprint density at radius 1 is 0.860 bits per heavy atom. The lowest BCUT2D eigenvalue weighted by Crippen LogP contribution is -2.29. The Hall–Kier alpha value is -4.39. The van der Waals surface area contributed by atoms with E-state index in [2.05, 4.69) is 13.2 Å². The first kappa shape index (κ1) is 38.4. The number of nitrogens with zero attached hydrogens (tertiary/aromatic N) is 4. The summed E-state index contributed by atoms with van der Waals surface area (Å²) in [5, 5.41) is 0. The molecule has 3 aromatic rings. The largest absolute Gasteiger partial charge is 0.416 e. The number of rotatable bonds is 13. The topological polar surface area (TPSA) is 124 Å². The highest BCUT2D eigenvalue weighted by molar-refractivity contribution is 7.86. The van der Waals surface area contributed by atoms with E-state index in [9.17, 15) is 52.3 Å². The fraction of sp³-hybridized carbons (Fsp3) is 0.281. The van der Waals surface area contributed by atoms with Crippen LogP contribution in [0.15, 0.2) is 85.4 Å². The van der Waals surface area contributed by atoms with Crippen molar-refractivity contribution in [3.63, 3.8) is 0 Å². The number of aromatic nitrogens is 2. The molecule has 2 heterocycles. The number of aryl methyl sites for hydroxylation is 1. The number of alkyl halides is 6. The Morgan fingerprint density at radius 2 is 1.44 bits per heavy atom. The Labute approximate surface area is 284 Å². The maximum atomic E-state index is 13.6. The molecule has 1 aromatic heterocycles. The Kier molecular flexibility index (Phi) is 11.1. The van der Waals surface area contributed by atoms with E-state index in [1.807, 2.05) is 0 Å². The maximum absolute atomic E-state index is 13.6. The molecule has 0 radical (unpaired) electrons. The molecule has 10 nitrogen and oxygen atoms in total. The standard InChI is InChI=1S/C32H32F6N4O6S2/c1-4-39-25-12-10-23(31(33,34)35)20-27(25)41(16-6-18-49(43,44)45)29(39)14-8-22(3)9-15-30-40(5-2)26-13-11-24(32(36,37)38)21-28(26)42(30)17-7-19-50(46,47)48/h4-5,8-15,20-21H,1-2,6-7,16-19H2,3H3,(H-,43,44,45,46,47,48)/p+1. The lowest BCUT2D eigenvalue weighted by molar-refractivity contribution is -0.542. The second-order valence-electron chi connectivity index (χ2n) is 11.2. The van der Waals surface area contributed by atoms with Crippen LogP contribution in [0.2, 0.25) is 0 Å². The van der Waals surface area contributed by atoms with Crippen LogP contribution in [0.25, 0.3) is 23.3 Å². The lowest BCUT2D eigenvalue weighted by Gasteiger charge is -2.23. The molecule has 18 heteroatoms. The third-order valence-corrected chi connectivity index (χ3v) is 9.29. The number of benzene rings is 2. The summed E-state index contributed by atoms with van der Waals surface area (Å²) in [7, 11) is -8.71. The quantitative estimate of drug-likeness (QED) is 0.0839. The third-order valence-electron chi connectivity index (χ3n) is 7.68. The van der Waals surface area contributed by atoms with Gasteiger partial charge in [0.15, 0.2) is 11.0 Å². The van der Waals surface area contributed by atoms with Gasteiger partial charge in [-0.25, -0.2) is 4.57 Å². The van der Waals surface area contributed by atoms with Gasteiger partial charge < -0.3 is 9.80 Å². The van der Waals surface area contributed by atoms with Crippen LogP contribution in [0.5, 0.6) is 0 Å². The molecule has 0 atom stereocenters. The average molecular weight is 748 g/mol. The van der Waals surface area contributed by atoms with E-state index in [-0.39, 0.29) is 37.1 Å². The first-order valence-corrected chi connectivity index (χ1v) is 18.0. The van der Waals surface area contributed by atoms with Gasteiger partial charge in [-0.1, -0.05) is 30.9 Å². The van der Waals surface area contributed by atoms with Crippen molar-refractivity contribution < 1.29 is 56.9 Å². The number of hydrogen-bond donors (Lipinski definition) is 2. The Morgan fingerprint density at radius 3 is 2.00 bits per heavy atom. The SMILES string of the molecule is C=CN1\C(=C/C=C(C)/C=C/c2n(CCCS(=O)(=O)O)c3cc(C(F)(F)F)ccc3[n+]2C=C)N(CCCS(=O)(=O)O)c2cc(C(F)(F)F)ccc21. The minimum Gasteiger partial charge on any atom is -0.326 e. The van der Waals surface area contributed by atoms with Gasteiger partial charge in [-0.05, 0) is 49.8 Å². The third kappa shape index (κ3) is 9.04. The molecule has 0 fully saturated rings. The first-order valence-electron chi connectivity index (χ1n) is 14.8. The smallest absolute Gasteiger partial charge is 0.326 e. The van der Waals surface area contributed by atoms with Gasteiger partial charge >= 0.3 is 12.4 Å². The molecular weight excluding hydrogens is 714 g/mol. The molecule has 0 aliphatic carbocycles. The molecule has 0 saturated carbocycles. The van der Waals surface area contributed by atoms with Gasteiger partial charge in [-0.15, -0.1) is 0 Å². The number of fused-ring (bicyclic) bond motifs is 2. The molecule has 1 aliphatic heterocycles. The summed E-state index contributed by atoms with van der Waals surface area (Å²) in [5.74, 6) is -0.638. The van der Waals surface area contributed by atoms with E-state index >= 15 is 0 Å². The summed E-state index contributed by atoms with van der Waals surface area (Å²) < 4.78 is 148. The van der Waals surface area contributed by atoms with Crippen molar-refractivity contribution >= 4 is 54.9 Å². The van der Waals surface area contributed by atoms with Crippen LogP contribution in [-0.2, 0) is 39.1 Å². The van der Waals surface area contributed by atoms with Crippen LogP contribution < -0.4 is 14.4 Å². The van der Waals surface area contributed by atoms with Gasteiger partial charge in [0.25, 0.3) is 26.1 Å². The summed E-state index contributed by atoms with van der Waals surface area (Å²) in [4.78, 5) is 2.97. The second kappa shape index (κ2) is 14.5. The highest BCUT2D eigenvalue weighted by Gasteiger charge is 2.36. The monoisotopic (exact) mass is 747 g/mol. The van der Waals surface area contributed by atoms with E-state index in [0.29, 0.717) is 28.4 Å². The van der Waals surface area contributed by atoms with Crippen molar-refractivity contribution in [3.8, 4) is 0 Å². The van der Waals surface area contributed by atoms with Crippen LogP contribution in [-0.4, -0.2) is 48.6 Å². The number of imidazole rings is 1. The zero-order valence-corrected chi connectivity index (χ0v) is 28.1. The molecule has 2 N–H and O–H groups in total. The van der Waals surface area contributed by atoms with Crippen LogP contribution >= 0.6 is 0 Å². The number of allylic oxidation sites excluding steroid dienone is 4. The molecule has 0 unspecified atom stereocenters. The number of anilines is 2. The van der Waals surface area contributed by atoms with Crippen LogP contribution in [0.1, 0.15) is 36.7 Å². The van der Waals surface area contributed by atoms with Gasteiger partial charge in [0.05, 0.1) is 46.8 Å². The Balaban J connectivity index is 1.77. The van der Waals surface area contributed by atoms with Gasteiger partial charge in [-0.2, -0.15) is 47.7 Å². The zero-order valence-electron chi connectivity index (χ0n) is 26.5. The molecular formula is C32H33F6N4O6S2+. The van der Waals surface area contributed by atoms with E-state index < -0.39 is 55.2 Å². The fourth-order valence-corrected chi connectivity index (χ4v) is 6.45. The van der Waals surface area contributed by atoms with Crippen molar-refractivity contribution in [1.82, 2.24) is 4.57 Å². The molecule has 2 aromatic carbocycles. The minimum absolute atomic E-state index is 0.0874. The van der Waals surface area contributed by atoms with Gasteiger partial charge in [0, 0.05) is 31.3 Å². The van der Waals surface area contributed by atoms with E-state index in [1.54, 1.807) is 31.2 Å². The molecule has 50 heavy (non-hydrogen) atoms. The summed E-state index contributed by atoms with van der Waals surface area (Å²) in [6, 6.07) is 6.17. The highest BCUT2D eigenvalue weighted by Crippen LogP contribution is 2.45. The summed E-state index contributed by atoms with van der Waals surface area (Å²) in [6.45, 7) is 9.01. The summed E-state index contributed by atoms with van der Waals surface area (Å²) >= 11 is 0. The fourth-order valence-electron chi connectivity index (χ4n) is 5.47. The number of halogens is 6. The van der Waals surface area contributed by atoms with Crippen molar-refractivity contribution in [2.75, 3.05) is 27.9 Å². The average Bonchev–Trinajstić information content (AvgIpc) is 3.46. The van der Waals surface area contributed by atoms with Crippen molar-refractivity contribution in [3.05, 3.63) is 102 Å². The molecule has 1 aliphatic rings. The zero-order chi connectivity index (χ0) is 37.2.